The molecule has 3 amide bonds. The molecule has 12 heteroatoms. The van der Waals surface area contributed by atoms with E-state index >= 15 is 0 Å². The molecule has 2 aromatic rings. The molecule has 0 radical (unpaired) electrons. The normalized spacial score (nSPS) is 14.5. The first-order chi connectivity index (χ1) is 16.2. The smallest absolute Gasteiger partial charge is 0.416 e. The fourth-order valence-corrected chi connectivity index (χ4v) is 3.34. The maximum Gasteiger partial charge on any atom is 0.416 e. The van der Waals surface area contributed by atoms with Crippen molar-refractivity contribution in [2.75, 3.05) is 31.5 Å². The lowest BCUT2D eigenvalue weighted by molar-refractivity contribution is -0.137. The lowest BCUT2D eigenvalue weighted by atomic mass is 10.1. The van der Waals surface area contributed by atoms with E-state index in [1.165, 1.54) is 15.9 Å². The molecule has 1 N–H and O–H groups in total. The van der Waals surface area contributed by atoms with E-state index in [1.54, 1.807) is 20.8 Å². The summed E-state index contributed by atoms with van der Waals surface area (Å²) < 4.78 is 59.6. The maximum atomic E-state index is 13.8. The molecule has 2 heterocycles. The van der Waals surface area contributed by atoms with E-state index in [2.05, 4.69) is 10.3 Å². The van der Waals surface area contributed by atoms with Crippen LogP contribution in [0.25, 0.3) is 0 Å². The molecule has 1 saturated heterocycles. The van der Waals surface area contributed by atoms with Gasteiger partial charge in [-0.3, -0.25) is 9.59 Å². The molecule has 188 valence electrons. The number of hydrogen-bond acceptors (Lipinski definition) is 5. The van der Waals surface area contributed by atoms with E-state index in [0.29, 0.717) is 12.1 Å². The Kier molecular flexibility index (Phi) is 7.32. The summed E-state index contributed by atoms with van der Waals surface area (Å²) in [7, 11) is 0. The zero-order chi connectivity index (χ0) is 26.0. The molecule has 0 aliphatic carbocycles. The number of amides is 3. The number of anilines is 1. The number of carbonyl (C=O) groups excluding carboxylic acids is 3. The number of rotatable bonds is 3. The first kappa shape index (κ1) is 25.9. The number of pyridine rings is 1. The summed E-state index contributed by atoms with van der Waals surface area (Å²) in [6.45, 7) is 5.60. The van der Waals surface area contributed by atoms with Crippen LogP contribution in [0.2, 0.25) is 0 Å². The Morgan fingerprint density at radius 1 is 1.00 bits per heavy atom. The van der Waals surface area contributed by atoms with Crippen LogP contribution in [0.5, 0.6) is 0 Å². The second-order valence-corrected chi connectivity index (χ2v) is 8.85. The fourth-order valence-electron chi connectivity index (χ4n) is 3.34. The van der Waals surface area contributed by atoms with E-state index in [1.807, 2.05) is 0 Å². The highest BCUT2D eigenvalue weighted by Gasteiger charge is 2.34. The van der Waals surface area contributed by atoms with Gasteiger partial charge in [-0.2, -0.15) is 17.6 Å². The van der Waals surface area contributed by atoms with Crippen molar-refractivity contribution in [3.05, 3.63) is 59.2 Å². The third-order valence-corrected chi connectivity index (χ3v) is 4.99. The first-order valence-electron chi connectivity index (χ1n) is 10.7. The number of halogens is 4. The average Bonchev–Trinajstić information content (AvgIpc) is 2.77. The Labute approximate surface area is 198 Å². The van der Waals surface area contributed by atoms with Crippen LogP contribution in [0.1, 0.15) is 47.1 Å². The van der Waals surface area contributed by atoms with Crippen molar-refractivity contribution >= 4 is 23.6 Å². The Hall–Kier alpha value is -3.70. The van der Waals surface area contributed by atoms with Crippen LogP contribution < -0.4 is 5.32 Å². The third kappa shape index (κ3) is 6.67. The van der Waals surface area contributed by atoms with E-state index in [-0.39, 0.29) is 37.4 Å². The van der Waals surface area contributed by atoms with E-state index in [0.717, 1.165) is 18.3 Å². The summed E-state index contributed by atoms with van der Waals surface area (Å²) in [5, 5.41) is 2.19. The SMILES string of the molecule is CC(C)(C)OC(=O)N1CCN(C(=O)c2cc(NC(=O)c3cccnc3F)cc(C(F)(F)F)c2)CC1. The van der Waals surface area contributed by atoms with Gasteiger partial charge in [0.25, 0.3) is 11.8 Å². The number of benzene rings is 1. The molecular formula is C23H24F4N4O4. The lowest BCUT2D eigenvalue weighted by Gasteiger charge is -2.35. The summed E-state index contributed by atoms with van der Waals surface area (Å²) >= 11 is 0. The predicted octanol–water partition coefficient (Wildman–Crippen LogP) is 4.18. The molecule has 0 saturated carbocycles. The summed E-state index contributed by atoms with van der Waals surface area (Å²) in [6.07, 6.45) is -4.23. The fraction of sp³-hybridized carbons (Fsp3) is 0.391. The van der Waals surface area contributed by atoms with Crippen LogP contribution in [0.15, 0.2) is 36.5 Å². The predicted molar refractivity (Wildman–Crippen MR) is 117 cm³/mol. The largest absolute Gasteiger partial charge is 0.444 e. The van der Waals surface area contributed by atoms with Gasteiger partial charge in [0.2, 0.25) is 5.95 Å². The van der Waals surface area contributed by atoms with Crippen LogP contribution in [-0.2, 0) is 10.9 Å². The molecule has 1 aliphatic rings. The molecule has 35 heavy (non-hydrogen) atoms. The van der Waals surface area contributed by atoms with Crippen molar-refractivity contribution in [3.8, 4) is 0 Å². The number of nitrogens with zero attached hydrogens (tertiary/aromatic N) is 3. The summed E-state index contributed by atoms with van der Waals surface area (Å²) in [4.78, 5) is 43.6. The van der Waals surface area contributed by atoms with Crippen LogP contribution in [0.4, 0.5) is 28.0 Å². The van der Waals surface area contributed by atoms with Gasteiger partial charge in [0.1, 0.15) is 5.60 Å². The number of alkyl halides is 3. The standard InChI is InChI=1S/C23H24F4N4O4/c1-22(2,3)35-21(34)31-9-7-30(8-10-31)20(33)14-11-15(23(25,26)27)13-16(12-14)29-19(32)17-5-4-6-28-18(17)24/h4-6,11-13H,7-10H2,1-3H3,(H,29,32). The molecule has 0 bridgehead atoms. The number of ether oxygens (including phenoxy) is 1. The highest BCUT2D eigenvalue weighted by molar-refractivity contribution is 6.05. The minimum Gasteiger partial charge on any atom is -0.444 e. The highest BCUT2D eigenvalue weighted by atomic mass is 19.4. The van der Waals surface area contributed by atoms with Gasteiger partial charge in [0, 0.05) is 43.6 Å². The van der Waals surface area contributed by atoms with Gasteiger partial charge in [0.05, 0.1) is 11.1 Å². The van der Waals surface area contributed by atoms with Gasteiger partial charge in [-0.05, 0) is 51.1 Å². The van der Waals surface area contributed by atoms with E-state index < -0.39 is 46.8 Å². The summed E-state index contributed by atoms with van der Waals surface area (Å²) in [5.74, 6) is -2.81. The quantitative estimate of drug-likeness (QED) is 0.509. The van der Waals surface area contributed by atoms with Gasteiger partial charge < -0.3 is 19.9 Å². The number of hydrogen-bond donors (Lipinski definition) is 1. The van der Waals surface area contributed by atoms with Crippen LogP contribution >= 0.6 is 0 Å². The zero-order valence-electron chi connectivity index (χ0n) is 19.3. The molecule has 8 nitrogen and oxygen atoms in total. The molecule has 1 fully saturated rings. The Morgan fingerprint density at radius 3 is 2.20 bits per heavy atom. The summed E-state index contributed by atoms with van der Waals surface area (Å²) in [5.41, 5.74) is -2.95. The van der Waals surface area contributed by atoms with Crippen molar-refractivity contribution in [1.29, 1.82) is 0 Å². The van der Waals surface area contributed by atoms with Gasteiger partial charge in [-0.25, -0.2) is 9.78 Å². The average molecular weight is 496 g/mol. The molecule has 1 aromatic heterocycles. The van der Waals surface area contributed by atoms with E-state index in [9.17, 15) is 31.9 Å². The first-order valence-corrected chi connectivity index (χ1v) is 10.7. The monoisotopic (exact) mass is 496 g/mol. The molecule has 1 aromatic carbocycles. The van der Waals surface area contributed by atoms with Crippen LogP contribution in [0, 0.1) is 5.95 Å². The molecule has 1 aliphatic heterocycles. The number of aromatic nitrogens is 1. The van der Waals surface area contributed by atoms with Gasteiger partial charge in [-0.1, -0.05) is 0 Å². The molecule has 3 rings (SSSR count). The number of piperazine rings is 1. The number of carbonyl (C=O) groups is 3. The van der Waals surface area contributed by atoms with Gasteiger partial charge in [0.15, 0.2) is 0 Å². The number of nitrogens with one attached hydrogen (secondary N) is 1. The molecule has 0 spiro atoms. The van der Waals surface area contributed by atoms with Gasteiger partial charge in [-0.15, -0.1) is 0 Å². The van der Waals surface area contributed by atoms with Crippen molar-refractivity contribution in [2.24, 2.45) is 0 Å². The van der Waals surface area contributed by atoms with Crippen molar-refractivity contribution in [1.82, 2.24) is 14.8 Å². The van der Waals surface area contributed by atoms with Crippen molar-refractivity contribution < 1.29 is 36.7 Å². The lowest BCUT2D eigenvalue weighted by Crippen LogP contribution is -2.51. The third-order valence-electron chi connectivity index (χ3n) is 4.99. The molecular weight excluding hydrogens is 472 g/mol. The highest BCUT2D eigenvalue weighted by Crippen LogP contribution is 2.32. The van der Waals surface area contributed by atoms with Gasteiger partial charge >= 0.3 is 12.3 Å². The zero-order valence-corrected chi connectivity index (χ0v) is 19.3. The summed E-state index contributed by atoms with van der Waals surface area (Å²) in [6, 6.07) is 4.85. The topological polar surface area (TPSA) is 91.8 Å². The Balaban J connectivity index is 1.79. The molecule has 0 unspecified atom stereocenters. The Morgan fingerprint density at radius 2 is 1.63 bits per heavy atom. The minimum atomic E-state index is -4.80. The van der Waals surface area contributed by atoms with E-state index in [4.69, 9.17) is 4.74 Å². The minimum absolute atomic E-state index is 0.0803. The maximum absolute atomic E-state index is 13.8. The Bertz CT molecular complexity index is 1120. The second kappa shape index (κ2) is 9.88. The second-order valence-electron chi connectivity index (χ2n) is 8.85. The van der Waals surface area contributed by atoms with Crippen molar-refractivity contribution in [3.63, 3.8) is 0 Å². The van der Waals surface area contributed by atoms with Crippen molar-refractivity contribution in [2.45, 2.75) is 32.5 Å². The van der Waals surface area contributed by atoms with Crippen LogP contribution in [0.3, 0.4) is 0 Å². The molecule has 0 atom stereocenters. The van der Waals surface area contributed by atoms with Crippen LogP contribution in [-0.4, -0.2) is 64.5 Å².